The third-order valence-corrected chi connectivity index (χ3v) is 7.70. The molecule has 1 saturated heterocycles. The molecule has 200 valence electrons. The van der Waals surface area contributed by atoms with Crippen LogP contribution in [-0.2, 0) is 24.4 Å². The number of nitrogens with one attached hydrogen (secondary N) is 1. The minimum absolute atomic E-state index is 0.207. The monoisotopic (exact) mass is 544 g/mol. The minimum Gasteiger partial charge on any atom is -0.379 e. The summed E-state index contributed by atoms with van der Waals surface area (Å²) in [6.07, 6.45) is 13.7. The van der Waals surface area contributed by atoms with Gasteiger partial charge in [0.25, 0.3) is 5.91 Å². The average Bonchev–Trinajstić information content (AvgIpc) is 3.35. The quantitative estimate of drug-likeness (QED) is 0.321. The second kappa shape index (κ2) is 10.1. The van der Waals surface area contributed by atoms with Gasteiger partial charge in [-0.1, -0.05) is 11.6 Å². The summed E-state index contributed by atoms with van der Waals surface area (Å²) in [6.45, 7) is 5.08. The number of hydrogen-bond acceptors (Lipinski definition) is 6. The van der Waals surface area contributed by atoms with Crippen molar-refractivity contribution in [3.8, 4) is 0 Å². The molecule has 7 rings (SSSR count). The highest BCUT2D eigenvalue weighted by atomic mass is 35.5. The molecule has 1 aliphatic heterocycles. The Bertz CT molecular complexity index is 1660. The number of pyridine rings is 2. The fourth-order valence-electron chi connectivity index (χ4n) is 5.23. The second-order valence-corrected chi connectivity index (χ2v) is 10.8. The van der Waals surface area contributed by atoms with Crippen molar-refractivity contribution < 1.29 is 9.53 Å². The summed E-state index contributed by atoms with van der Waals surface area (Å²) < 4.78 is 11.3. The zero-order valence-electron chi connectivity index (χ0n) is 21.5. The van der Waals surface area contributed by atoms with E-state index in [4.69, 9.17) is 21.3 Å². The van der Waals surface area contributed by atoms with E-state index in [1.807, 2.05) is 16.7 Å². The molecule has 6 heterocycles. The van der Waals surface area contributed by atoms with Crippen LogP contribution in [0.5, 0.6) is 0 Å². The number of amides is 1. The molecule has 1 amide bonds. The van der Waals surface area contributed by atoms with Gasteiger partial charge in [-0.05, 0) is 42.5 Å². The fraction of sp³-hybridized carbons (Fsp3) is 0.357. The van der Waals surface area contributed by atoms with Crippen molar-refractivity contribution in [3.63, 3.8) is 0 Å². The van der Waals surface area contributed by atoms with Gasteiger partial charge in [0.2, 0.25) is 0 Å². The lowest BCUT2D eigenvalue weighted by molar-refractivity contribution is 0.0343. The number of ether oxygens (including phenoxy) is 1. The summed E-state index contributed by atoms with van der Waals surface area (Å²) in [5.41, 5.74) is 6.64. The van der Waals surface area contributed by atoms with Gasteiger partial charge >= 0.3 is 0 Å². The van der Waals surface area contributed by atoms with E-state index >= 15 is 0 Å². The molecule has 0 bridgehead atoms. The molecule has 5 aromatic heterocycles. The average molecular weight is 545 g/mol. The Kier molecular flexibility index (Phi) is 6.30. The summed E-state index contributed by atoms with van der Waals surface area (Å²) in [6, 6.07) is 5.97. The zero-order chi connectivity index (χ0) is 26.3. The molecular formula is C28H29ClN8O2. The summed E-state index contributed by atoms with van der Waals surface area (Å²) in [5, 5.41) is 7.99. The molecule has 0 spiro atoms. The van der Waals surface area contributed by atoms with Crippen LogP contribution in [0.2, 0.25) is 5.02 Å². The maximum Gasteiger partial charge on any atom is 0.254 e. The van der Waals surface area contributed by atoms with Gasteiger partial charge in [-0.15, -0.1) is 0 Å². The number of aromatic nitrogens is 6. The Morgan fingerprint density at radius 3 is 2.82 bits per heavy atom. The van der Waals surface area contributed by atoms with Gasteiger partial charge < -0.3 is 18.9 Å². The minimum atomic E-state index is -0.207. The van der Waals surface area contributed by atoms with Crippen LogP contribution < -0.4 is 5.32 Å². The van der Waals surface area contributed by atoms with Crippen LogP contribution in [-0.4, -0.2) is 65.7 Å². The Morgan fingerprint density at radius 1 is 1.10 bits per heavy atom. The third-order valence-electron chi connectivity index (χ3n) is 7.46. The molecule has 10 nitrogen and oxygen atoms in total. The predicted octanol–water partition coefficient (Wildman–Crippen LogP) is 3.52. The normalized spacial score (nSPS) is 16.3. The molecule has 1 aliphatic carbocycles. The van der Waals surface area contributed by atoms with Crippen molar-refractivity contribution in [1.82, 2.24) is 38.8 Å². The largest absolute Gasteiger partial charge is 0.379 e. The van der Waals surface area contributed by atoms with Crippen LogP contribution in [0, 0.1) is 0 Å². The first-order chi connectivity index (χ1) is 19.1. The molecule has 39 heavy (non-hydrogen) atoms. The number of morpholine rings is 1. The maximum absolute atomic E-state index is 12.8. The molecular weight excluding hydrogens is 516 g/mol. The molecule has 1 saturated carbocycles. The number of nitrogens with zero attached hydrogens (tertiary/aromatic N) is 7. The number of carbonyl (C=O) groups excluding carboxylic acids is 1. The van der Waals surface area contributed by atoms with E-state index in [1.54, 1.807) is 29.5 Å². The highest BCUT2D eigenvalue weighted by Gasteiger charge is 2.26. The molecule has 2 fully saturated rings. The summed E-state index contributed by atoms with van der Waals surface area (Å²) in [4.78, 5) is 24.6. The predicted molar refractivity (Wildman–Crippen MR) is 146 cm³/mol. The Hall–Kier alpha value is -3.73. The van der Waals surface area contributed by atoms with Crippen molar-refractivity contribution >= 4 is 28.7 Å². The third kappa shape index (κ3) is 5.15. The van der Waals surface area contributed by atoms with Crippen molar-refractivity contribution in [2.45, 2.75) is 38.4 Å². The van der Waals surface area contributed by atoms with E-state index in [0.717, 1.165) is 55.4 Å². The fourth-order valence-corrected chi connectivity index (χ4v) is 5.39. The van der Waals surface area contributed by atoms with Crippen molar-refractivity contribution in [2.24, 2.45) is 0 Å². The van der Waals surface area contributed by atoms with Crippen molar-refractivity contribution in [3.05, 3.63) is 88.6 Å². The maximum atomic E-state index is 12.8. The van der Waals surface area contributed by atoms with Gasteiger partial charge in [0.15, 0.2) is 0 Å². The lowest BCUT2D eigenvalue weighted by atomic mass is 10.1. The van der Waals surface area contributed by atoms with Crippen LogP contribution in [0.15, 0.2) is 55.5 Å². The molecule has 0 aromatic carbocycles. The first kappa shape index (κ1) is 24.3. The molecule has 11 heteroatoms. The molecule has 2 aliphatic rings. The van der Waals surface area contributed by atoms with E-state index in [2.05, 4.69) is 43.2 Å². The van der Waals surface area contributed by atoms with E-state index in [9.17, 15) is 4.79 Å². The lowest BCUT2D eigenvalue weighted by Crippen LogP contribution is -2.35. The number of hydrogen-bond donors (Lipinski definition) is 1. The molecule has 5 aromatic rings. The smallest absolute Gasteiger partial charge is 0.254 e. The van der Waals surface area contributed by atoms with Gasteiger partial charge in [0, 0.05) is 55.0 Å². The Morgan fingerprint density at radius 2 is 1.97 bits per heavy atom. The van der Waals surface area contributed by atoms with E-state index in [0.29, 0.717) is 29.6 Å². The summed E-state index contributed by atoms with van der Waals surface area (Å²) in [5.74, 6) is 0.453. The van der Waals surface area contributed by atoms with Gasteiger partial charge in [0.05, 0.1) is 61.3 Å². The first-order valence-electron chi connectivity index (χ1n) is 13.3. The van der Waals surface area contributed by atoms with Crippen molar-refractivity contribution in [2.75, 3.05) is 26.3 Å². The number of imidazole rings is 2. The van der Waals surface area contributed by atoms with E-state index < -0.39 is 0 Å². The zero-order valence-corrected chi connectivity index (χ0v) is 22.2. The lowest BCUT2D eigenvalue weighted by Gasteiger charge is -2.26. The standard InChI is InChI=1S/C28H29ClN8O2/c29-23-3-4-35-18-31-25(26(35)10-23)12-30-28(38)22-11-32-37(15-22)17-24-16-36-14-20(19-1-2-19)9-21(27(36)33-24)13-34-5-7-39-8-6-34/h3-4,9-11,14-16,18-19H,1-2,5-8,12-13,17H2,(H,30,38). The molecule has 0 unspecified atom stereocenters. The van der Waals surface area contributed by atoms with Gasteiger partial charge in [-0.25, -0.2) is 9.97 Å². The van der Waals surface area contributed by atoms with Gasteiger partial charge in [-0.3, -0.25) is 14.4 Å². The number of rotatable bonds is 8. The van der Waals surface area contributed by atoms with Crippen molar-refractivity contribution in [1.29, 1.82) is 0 Å². The number of fused-ring (bicyclic) bond motifs is 2. The summed E-state index contributed by atoms with van der Waals surface area (Å²) >= 11 is 6.13. The van der Waals surface area contributed by atoms with Gasteiger partial charge in [0.1, 0.15) is 5.65 Å². The van der Waals surface area contributed by atoms with Gasteiger partial charge in [-0.2, -0.15) is 5.10 Å². The van der Waals surface area contributed by atoms with Crippen LogP contribution >= 0.6 is 11.6 Å². The Balaban J connectivity index is 1.06. The van der Waals surface area contributed by atoms with E-state index in [-0.39, 0.29) is 5.91 Å². The van der Waals surface area contributed by atoms with Crippen LogP contribution in [0.25, 0.3) is 11.2 Å². The molecule has 1 N–H and O–H groups in total. The highest BCUT2D eigenvalue weighted by Crippen LogP contribution is 2.40. The Labute approximate surface area is 230 Å². The topological polar surface area (TPSA) is 94.0 Å². The number of carbonyl (C=O) groups is 1. The van der Waals surface area contributed by atoms with Crippen LogP contribution in [0.3, 0.4) is 0 Å². The van der Waals surface area contributed by atoms with Crippen LogP contribution in [0.4, 0.5) is 0 Å². The SMILES string of the molecule is O=C(NCc1ncn2ccc(Cl)cc12)c1cnn(Cc2cn3cc(C4CC4)cc(CN4CCOCC4)c3n2)c1. The summed E-state index contributed by atoms with van der Waals surface area (Å²) in [7, 11) is 0. The van der Waals surface area contributed by atoms with Crippen LogP contribution in [0.1, 0.15) is 51.6 Å². The molecule has 0 radical (unpaired) electrons. The highest BCUT2D eigenvalue weighted by molar-refractivity contribution is 6.30. The second-order valence-electron chi connectivity index (χ2n) is 10.4. The first-order valence-corrected chi connectivity index (χ1v) is 13.7. The van der Waals surface area contributed by atoms with E-state index in [1.165, 1.54) is 24.0 Å². The molecule has 0 atom stereocenters. The number of halogens is 1.